The largest absolute Gasteiger partial charge is 0.435 e. The van der Waals surface area contributed by atoms with Gasteiger partial charge in [-0.25, -0.2) is 4.79 Å². The Morgan fingerprint density at radius 2 is 1.91 bits per heavy atom. The van der Waals surface area contributed by atoms with Gasteiger partial charge in [-0.2, -0.15) is 13.2 Å². The van der Waals surface area contributed by atoms with Gasteiger partial charge in [-0.15, -0.1) is 10.2 Å². The molecule has 3 aromatic rings. The molecule has 0 amide bonds. The van der Waals surface area contributed by atoms with E-state index in [-0.39, 0.29) is 11.5 Å². The summed E-state index contributed by atoms with van der Waals surface area (Å²) < 4.78 is 38.7. The van der Waals surface area contributed by atoms with Crippen molar-refractivity contribution in [3.05, 3.63) is 52.6 Å². The van der Waals surface area contributed by atoms with Crippen LogP contribution in [-0.2, 0) is 12.7 Å². The minimum atomic E-state index is -4.51. The molecule has 1 aromatic carbocycles. The fraction of sp³-hybridized carbons (Fsp3) is 0.214. The molecule has 0 aliphatic carbocycles. The summed E-state index contributed by atoms with van der Waals surface area (Å²) in [6.07, 6.45) is -4.51. The van der Waals surface area contributed by atoms with E-state index >= 15 is 0 Å². The van der Waals surface area contributed by atoms with E-state index in [1.54, 1.807) is 10.6 Å². The van der Waals surface area contributed by atoms with Crippen molar-refractivity contribution >= 4 is 16.9 Å². The van der Waals surface area contributed by atoms with Crippen molar-refractivity contribution in [1.82, 2.24) is 19.7 Å². The molecule has 0 bridgehead atoms. The minimum Gasteiger partial charge on any atom is -0.367 e. The van der Waals surface area contributed by atoms with Gasteiger partial charge in [0.15, 0.2) is 5.69 Å². The molecule has 0 fully saturated rings. The van der Waals surface area contributed by atoms with Crippen molar-refractivity contribution in [2.75, 3.05) is 11.9 Å². The van der Waals surface area contributed by atoms with Gasteiger partial charge in [0, 0.05) is 13.1 Å². The smallest absolute Gasteiger partial charge is 0.367 e. The van der Waals surface area contributed by atoms with E-state index in [1.165, 1.54) is 6.07 Å². The second-order valence-electron chi connectivity index (χ2n) is 4.83. The number of hydrogen-bond donors (Lipinski definition) is 2. The molecule has 0 radical (unpaired) electrons. The van der Waals surface area contributed by atoms with Crippen LogP contribution in [0.1, 0.15) is 5.69 Å². The van der Waals surface area contributed by atoms with Gasteiger partial charge >= 0.3 is 11.9 Å². The fourth-order valence-corrected chi connectivity index (χ4v) is 2.20. The van der Waals surface area contributed by atoms with Crippen LogP contribution in [0.15, 0.2) is 41.2 Å². The normalized spacial score (nSPS) is 11.8. The average molecular weight is 323 g/mol. The zero-order valence-corrected chi connectivity index (χ0v) is 11.8. The van der Waals surface area contributed by atoms with Crippen molar-refractivity contribution in [2.24, 2.45) is 0 Å². The molecule has 0 spiro atoms. The Morgan fingerprint density at radius 1 is 1.13 bits per heavy atom. The second kappa shape index (κ2) is 5.75. The monoisotopic (exact) mass is 323 g/mol. The lowest BCUT2D eigenvalue weighted by atomic mass is 10.3. The number of H-pyrrole nitrogens is 1. The second-order valence-corrected chi connectivity index (χ2v) is 4.83. The summed E-state index contributed by atoms with van der Waals surface area (Å²) in [6, 6.07) is 9.30. The maximum absolute atomic E-state index is 12.4. The first-order chi connectivity index (χ1) is 10.9. The lowest BCUT2D eigenvalue weighted by Gasteiger charge is -2.08. The maximum atomic E-state index is 12.4. The summed E-state index contributed by atoms with van der Waals surface area (Å²) in [5, 5.41) is 9.43. The molecule has 23 heavy (non-hydrogen) atoms. The molecule has 2 aromatic heterocycles. The molecule has 0 unspecified atom stereocenters. The zero-order chi connectivity index (χ0) is 16.4. The number of aromatic amines is 1. The first-order valence-corrected chi connectivity index (χ1v) is 6.77. The summed E-state index contributed by atoms with van der Waals surface area (Å²) in [4.78, 5) is 14.6. The number of aromatic nitrogens is 4. The topological polar surface area (TPSA) is 75.6 Å². The Hall–Kier alpha value is -2.84. The maximum Gasteiger partial charge on any atom is 0.435 e. The molecule has 120 valence electrons. The molecular weight excluding hydrogens is 311 g/mol. The number of anilines is 1. The number of halogens is 3. The Kier molecular flexibility index (Phi) is 3.77. The average Bonchev–Trinajstić information content (AvgIpc) is 2.83. The zero-order valence-electron chi connectivity index (χ0n) is 11.8. The Morgan fingerprint density at radius 3 is 2.61 bits per heavy atom. The Balaban J connectivity index is 1.67. The third kappa shape index (κ3) is 3.17. The van der Waals surface area contributed by atoms with Crippen molar-refractivity contribution < 1.29 is 13.2 Å². The van der Waals surface area contributed by atoms with E-state index in [2.05, 4.69) is 20.5 Å². The van der Waals surface area contributed by atoms with Gasteiger partial charge in [-0.1, -0.05) is 12.1 Å². The number of rotatable bonds is 4. The van der Waals surface area contributed by atoms with E-state index in [4.69, 9.17) is 0 Å². The molecule has 0 aliphatic heterocycles. The summed E-state index contributed by atoms with van der Waals surface area (Å²) in [5.41, 5.74) is 0.201. The summed E-state index contributed by atoms with van der Waals surface area (Å²) in [6.45, 7) is 0.660. The van der Waals surface area contributed by atoms with Crippen LogP contribution in [0.5, 0.6) is 0 Å². The summed E-state index contributed by atoms with van der Waals surface area (Å²) in [5.74, 6) is 0.214. The highest BCUT2D eigenvalue weighted by Crippen LogP contribution is 2.26. The van der Waals surface area contributed by atoms with Gasteiger partial charge < -0.3 is 10.3 Å². The number of benzene rings is 1. The van der Waals surface area contributed by atoms with Crippen molar-refractivity contribution in [3.8, 4) is 0 Å². The summed E-state index contributed by atoms with van der Waals surface area (Å²) >= 11 is 0. The quantitative estimate of drug-likeness (QED) is 0.772. The number of imidazole rings is 1. The molecule has 3 rings (SSSR count). The highest BCUT2D eigenvalue weighted by molar-refractivity contribution is 5.74. The number of para-hydroxylation sites is 2. The first kappa shape index (κ1) is 15.1. The standard InChI is InChI=1S/C14H12F3N5O/c15-14(16,17)11-5-6-12(21-20-11)18-7-8-22-10-4-2-1-3-9(10)19-13(22)23/h1-6H,7-8H2,(H,18,21)(H,19,23). The van der Waals surface area contributed by atoms with Crippen molar-refractivity contribution in [3.63, 3.8) is 0 Å². The molecule has 0 atom stereocenters. The van der Waals surface area contributed by atoms with Gasteiger partial charge in [-0.3, -0.25) is 4.57 Å². The number of fused-ring (bicyclic) bond motifs is 1. The van der Waals surface area contributed by atoms with E-state index in [1.807, 2.05) is 18.2 Å². The fourth-order valence-electron chi connectivity index (χ4n) is 2.20. The highest BCUT2D eigenvalue weighted by Gasteiger charge is 2.32. The Labute approximate surface area is 128 Å². The lowest BCUT2D eigenvalue weighted by molar-refractivity contribution is -0.141. The van der Waals surface area contributed by atoms with Gasteiger partial charge in [0.1, 0.15) is 5.82 Å². The van der Waals surface area contributed by atoms with Crippen LogP contribution in [0.4, 0.5) is 19.0 Å². The van der Waals surface area contributed by atoms with Gasteiger partial charge in [-0.05, 0) is 24.3 Å². The Bertz CT molecular complexity index is 866. The molecule has 9 heteroatoms. The summed E-state index contributed by atoms with van der Waals surface area (Å²) in [7, 11) is 0. The molecular formula is C14H12F3N5O. The van der Waals surface area contributed by atoms with Crippen LogP contribution in [0.25, 0.3) is 11.0 Å². The number of alkyl halides is 3. The van der Waals surface area contributed by atoms with E-state index in [0.717, 1.165) is 17.1 Å². The number of nitrogens with one attached hydrogen (secondary N) is 2. The molecule has 0 saturated heterocycles. The lowest BCUT2D eigenvalue weighted by Crippen LogP contribution is -2.21. The van der Waals surface area contributed by atoms with Crippen LogP contribution < -0.4 is 11.0 Å². The van der Waals surface area contributed by atoms with Crippen LogP contribution in [-0.4, -0.2) is 26.3 Å². The van der Waals surface area contributed by atoms with Crippen LogP contribution in [0.2, 0.25) is 0 Å². The highest BCUT2D eigenvalue weighted by atomic mass is 19.4. The number of hydrogen-bond acceptors (Lipinski definition) is 4. The third-order valence-corrected chi connectivity index (χ3v) is 3.28. The van der Waals surface area contributed by atoms with Crippen molar-refractivity contribution in [2.45, 2.75) is 12.7 Å². The van der Waals surface area contributed by atoms with E-state index in [0.29, 0.717) is 13.1 Å². The van der Waals surface area contributed by atoms with Crippen LogP contribution in [0.3, 0.4) is 0 Å². The number of nitrogens with zero attached hydrogens (tertiary/aromatic N) is 3. The van der Waals surface area contributed by atoms with Crippen molar-refractivity contribution in [1.29, 1.82) is 0 Å². The molecule has 2 heterocycles. The molecule has 0 aliphatic rings. The predicted molar refractivity (Wildman–Crippen MR) is 78.1 cm³/mol. The molecule has 0 saturated carbocycles. The SMILES string of the molecule is O=c1[nH]c2ccccc2n1CCNc1ccc(C(F)(F)F)nn1. The molecule has 2 N–H and O–H groups in total. The molecule has 6 nitrogen and oxygen atoms in total. The van der Waals surface area contributed by atoms with Gasteiger partial charge in [0.05, 0.1) is 11.0 Å². The van der Waals surface area contributed by atoms with Gasteiger partial charge in [0.25, 0.3) is 0 Å². The van der Waals surface area contributed by atoms with E-state index < -0.39 is 11.9 Å². The minimum absolute atomic E-state index is 0.214. The first-order valence-electron chi connectivity index (χ1n) is 6.77. The van der Waals surface area contributed by atoms with Crippen LogP contribution in [0, 0.1) is 0 Å². The third-order valence-electron chi connectivity index (χ3n) is 3.28. The van der Waals surface area contributed by atoms with Crippen LogP contribution >= 0.6 is 0 Å². The predicted octanol–water partition coefficient (Wildman–Crippen LogP) is 2.25. The van der Waals surface area contributed by atoms with Gasteiger partial charge in [0.2, 0.25) is 0 Å². The van der Waals surface area contributed by atoms with E-state index in [9.17, 15) is 18.0 Å².